The van der Waals surface area contributed by atoms with Gasteiger partial charge in [0.1, 0.15) is 11.6 Å². The summed E-state index contributed by atoms with van der Waals surface area (Å²) in [5, 5.41) is 1.11. The standard InChI is InChI=1S/C34H33F3N2O3/c1-40-30-11-7-4-8-24(30)14-18-28-27-9-5-6-10-29(27)38-33(28)39(26-17-19-31(41-2)32(22-26)42-3)21-20-23-12-15-25(16-13-23)34(35,36)37/h4-13,15-17,19,22,38H,14,18,20-21H2,1-3H3. The van der Waals surface area contributed by atoms with Crippen LogP contribution in [-0.2, 0) is 25.4 Å². The molecule has 5 aromatic rings. The number of nitrogens with zero attached hydrogens (tertiary/aromatic N) is 1. The van der Waals surface area contributed by atoms with Crippen molar-refractivity contribution in [3.05, 3.63) is 113 Å². The van der Waals surface area contributed by atoms with Crippen LogP contribution < -0.4 is 19.1 Å². The SMILES string of the molecule is COc1ccccc1CCc1c(N(CCc2ccc(C(F)(F)F)cc2)c2ccc(OC)c(OC)c2)[nH]c2ccccc12. The minimum Gasteiger partial charge on any atom is -0.496 e. The first-order valence-corrected chi connectivity index (χ1v) is 13.7. The van der Waals surface area contributed by atoms with Crippen molar-refractivity contribution in [1.29, 1.82) is 0 Å². The topological polar surface area (TPSA) is 46.7 Å². The summed E-state index contributed by atoms with van der Waals surface area (Å²) in [6.07, 6.45) is -2.35. The second-order valence-corrected chi connectivity index (χ2v) is 9.95. The molecule has 42 heavy (non-hydrogen) atoms. The first-order valence-electron chi connectivity index (χ1n) is 13.7. The number of aromatic nitrogens is 1. The molecule has 0 aliphatic heterocycles. The molecule has 1 N–H and O–H groups in total. The van der Waals surface area contributed by atoms with Crippen LogP contribution in [0.5, 0.6) is 17.2 Å². The Morgan fingerprint density at radius 2 is 1.38 bits per heavy atom. The van der Waals surface area contributed by atoms with Crippen LogP contribution in [0.25, 0.3) is 10.9 Å². The van der Waals surface area contributed by atoms with E-state index in [0.717, 1.165) is 69.8 Å². The van der Waals surface area contributed by atoms with E-state index in [1.807, 2.05) is 54.6 Å². The van der Waals surface area contributed by atoms with Gasteiger partial charge < -0.3 is 24.1 Å². The number of ether oxygens (including phenoxy) is 3. The van der Waals surface area contributed by atoms with Gasteiger partial charge in [-0.05, 0) is 66.8 Å². The third-order valence-electron chi connectivity index (χ3n) is 7.48. The van der Waals surface area contributed by atoms with Crippen LogP contribution in [0.15, 0.2) is 91.0 Å². The molecule has 0 saturated carbocycles. The van der Waals surface area contributed by atoms with Gasteiger partial charge in [-0.15, -0.1) is 0 Å². The zero-order chi connectivity index (χ0) is 29.7. The highest BCUT2D eigenvalue weighted by atomic mass is 19.4. The fourth-order valence-corrected chi connectivity index (χ4v) is 5.30. The van der Waals surface area contributed by atoms with Crippen molar-refractivity contribution in [2.75, 3.05) is 32.8 Å². The summed E-state index contributed by atoms with van der Waals surface area (Å²) in [4.78, 5) is 5.80. The molecule has 0 saturated heterocycles. The van der Waals surface area contributed by atoms with Crippen LogP contribution in [0.3, 0.4) is 0 Å². The average molecular weight is 575 g/mol. The second kappa shape index (κ2) is 12.5. The number of aryl methyl sites for hydroxylation is 2. The Balaban J connectivity index is 1.55. The van der Waals surface area contributed by atoms with Gasteiger partial charge in [-0.1, -0.05) is 48.5 Å². The van der Waals surface area contributed by atoms with Gasteiger partial charge >= 0.3 is 6.18 Å². The van der Waals surface area contributed by atoms with E-state index in [-0.39, 0.29) is 0 Å². The highest BCUT2D eigenvalue weighted by Gasteiger charge is 2.30. The van der Waals surface area contributed by atoms with Crippen molar-refractivity contribution in [2.45, 2.75) is 25.4 Å². The van der Waals surface area contributed by atoms with Gasteiger partial charge in [0, 0.05) is 34.8 Å². The summed E-state index contributed by atoms with van der Waals surface area (Å²) in [5.74, 6) is 2.96. The van der Waals surface area contributed by atoms with Gasteiger partial charge in [-0.3, -0.25) is 0 Å². The largest absolute Gasteiger partial charge is 0.496 e. The molecule has 0 fully saturated rings. The van der Waals surface area contributed by atoms with Crippen molar-refractivity contribution in [2.24, 2.45) is 0 Å². The zero-order valence-electron chi connectivity index (χ0n) is 23.8. The molecule has 0 radical (unpaired) electrons. The molecule has 0 aliphatic rings. The number of nitrogens with one attached hydrogen (secondary N) is 1. The number of aromatic amines is 1. The molecule has 8 heteroatoms. The van der Waals surface area contributed by atoms with Crippen molar-refractivity contribution < 1.29 is 27.4 Å². The average Bonchev–Trinajstić information content (AvgIpc) is 3.38. The first kappa shape index (κ1) is 28.9. The van der Waals surface area contributed by atoms with E-state index in [4.69, 9.17) is 14.2 Å². The van der Waals surface area contributed by atoms with Crippen molar-refractivity contribution in [1.82, 2.24) is 4.98 Å². The van der Waals surface area contributed by atoms with Gasteiger partial charge in [0.25, 0.3) is 0 Å². The smallest absolute Gasteiger partial charge is 0.416 e. The Labute approximate surface area is 243 Å². The van der Waals surface area contributed by atoms with Gasteiger partial charge in [0.15, 0.2) is 11.5 Å². The number of fused-ring (bicyclic) bond motifs is 1. The van der Waals surface area contributed by atoms with E-state index in [1.54, 1.807) is 33.5 Å². The minimum absolute atomic E-state index is 0.509. The molecule has 5 nitrogen and oxygen atoms in total. The van der Waals surface area contributed by atoms with E-state index in [1.165, 1.54) is 0 Å². The van der Waals surface area contributed by atoms with Crippen LogP contribution in [0, 0.1) is 0 Å². The van der Waals surface area contributed by atoms with Gasteiger partial charge in [0.2, 0.25) is 0 Å². The van der Waals surface area contributed by atoms with Crippen LogP contribution in [0.2, 0.25) is 0 Å². The van der Waals surface area contributed by atoms with E-state index >= 15 is 0 Å². The molecule has 0 amide bonds. The maximum atomic E-state index is 13.2. The first-order chi connectivity index (χ1) is 20.3. The Morgan fingerprint density at radius 1 is 0.690 bits per heavy atom. The fraction of sp³-hybridized carbons (Fsp3) is 0.235. The fourth-order valence-electron chi connectivity index (χ4n) is 5.30. The predicted octanol–water partition coefficient (Wildman–Crippen LogP) is 8.38. The normalized spacial score (nSPS) is 11.5. The highest BCUT2D eigenvalue weighted by Crippen LogP contribution is 2.39. The molecule has 4 aromatic carbocycles. The molecular formula is C34H33F3N2O3. The summed E-state index contributed by atoms with van der Waals surface area (Å²) in [6, 6.07) is 27.3. The lowest BCUT2D eigenvalue weighted by atomic mass is 10.0. The number of alkyl halides is 3. The predicted molar refractivity (Wildman–Crippen MR) is 160 cm³/mol. The second-order valence-electron chi connectivity index (χ2n) is 9.95. The molecule has 218 valence electrons. The zero-order valence-corrected chi connectivity index (χ0v) is 23.8. The van der Waals surface area contributed by atoms with Crippen molar-refractivity contribution in [3.63, 3.8) is 0 Å². The maximum Gasteiger partial charge on any atom is 0.416 e. The molecule has 0 spiro atoms. The Bertz CT molecular complexity index is 1640. The number of halogens is 3. The molecule has 0 aliphatic carbocycles. The maximum absolute atomic E-state index is 13.2. The van der Waals surface area contributed by atoms with Crippen LogP contribution in [0.4, 0.5) is 24.7 Å². The Hall–Kier alpha value is -4.59. The lowest BCUT2D eigenvalue weighted by Gasteiger charge is -2.26. The third-order valence-corrected chi connectivity index (χ3v) is 7.48. The molecule has 1 aromatic heterocycles. The molecule has 0 atom stereocenters. The highest BCUT2D eigenvalue weighted by molar-refractivity contribution is 5.90. The number of anilines is 2. The van der Waals surface area contributed by atoms with Gasteiger partial charge in [-0.2, -0.15) is 13.2 Å². The number of methoxy groups -OCH3 is 3. The monoisotopic (exact) mass is 574 g/mol. The number of H-pyrrole nitrogens is 1. The Kier molecular flexibility index (Phi) is 8.61. The van der Waals surface area contributed by atoms with Gasteiger partial charge in [0.05, 0.1) is 26.9 Å². The number of rotatable bonds is 11. The summed E-state index contributed by atoms with van der Waals surface area (Å²) in [5.41, 5.74) is 4.27. The van der Waals surface area contributed by atoms with E-state index < -0.39 is 11.7 Å². The quantitative estimate of drug-likeness (QED) is 0.172. The molecular weight excluding hydrogens is 541 g/mol. The van der Waals surface area contributed by atoms with Gasteiger partial charge in [-0.25, -0.2) is 0 Å². The number of benzene rings is 4. The summed E-state index contributed by atoms with van der Waals surface area (Å²) in [6.45, 7) is 0.509. The number of hydrogen-bond donors (Lipinski definition) is 1. The minimum atomic E-state index is -4.37. The van der Waals surface area contributed by atoms with Crippen LogP contribution in [0.1, 0.15) is 22.3 Å². The summed E-state index contributed by atoms with van der Waals surface area (Å²) < 4.78 is 56.1. The van der Waals surface area contributed by atoms with Crippen LogP contribution in [-0.4, -0.2) is 32.9 Å². The summed E-state index contributed by atoms with van der Waals surface area (Å²) >= 11 is 0. The van der Waals surface area contributed by atoms with E-state index in [2.05, 4.69) is 22.0 Å². The molecule has 0 bridgehead atoms. The lowest BCUT2D eigenvalue weighted by Crippen LogP contribution is -2.22. The Morgan fingerprint density at radius 3 is 2.10 bits per heavy atom. The summed E-state index contributed by atoms with van der Waals surface area (Å²) in [7, 11) is 4.86. The van der Waals surface area contributed by atoms with Crippen LogP contribution >= 0.6 is 0 Å². The molecule has 5 rings (SSSR count). The molecule has 1 heterocycles. The van der Waals surface area contributed by atoms with Crippen molar-refractivity contribution >= 4 is 22.4 Å². The van der Waals surface area contributed by atoms with E-state index in [9.17, 15) is 13.2 Å². The third kappa shape index (κ3) is 6.17. The lowest BCUT2D eigenvalue weighted by molar-refractivity contribution is -0.137. The van der Waals surface area contributed by atoms with E-state index in [0.29, 0.717) is 24.5 Å². The number of hydrogen-bond acceptors (Lipinski definition) is 4. The number of para-hydroxylation sites is 2. The molecule has 0 unspecified atom stereocenters. The van der Waals surface area contributed by atoms with Crippen molar-refractivity contribution in [3.8, 4) is 17.2 Å².